The molecule has 9 heteroatoms. The number of anilines is 1. The zero-order chi connectivity index (χ0) is 19.6. The lowest BCUT2D eigenvalue weighted by atomic mass is 10.1. The Labute approximate surface area is 170 Å². The molecular weight excluding hydrogens is 405 g/mol. The summed E-state index contributed by atoms with van der Waals surface area (Å²) in [5.41, 5.74) is 0.764. The summed E-state index contributed by atoms with van der Waals surface area (Å²) in [4.78, 5) is 14.5. The van der Waals surface area contributed by atoms with Crippen molar-refractivity contribution in [3.63, 3.8) is 0 Å². The molecule has 3 rings (SSSR count). The number of hydrogen-bond donors (Lipinski definition) is 2. The van der Waals surface area contributed by atoms with E-state index in [1.807, 2.05) is 0 Å². The molecular formula is C19H23ClFN3O3S. The number of para-hydroxylation sites is 1. The fourth-order valence-electron chi connectivity index (χ4n) is 3.20. The van der Waals surface area contributed by atoms with Crippen LogP contribution in [0.25, 0.3) is 0 Å². The highest BCUT2D eigenvalue weighted by molar-refractivity contribution is 7.92. The molecule has 0 saturated carbocycles. The van der Waals surface area contributed by atoms with E-state index < -0.39 is 15.8 Å². The molecule has 1 heterocycles. The van der Waals surface area contributed by atoms with Crippen LogP contribution in [0.15, 0.2) is 47.4 Å². The van der Waals surface area contributed by atoms with Crippen LogP contribution in [0.3, 0.4) is 0 Å². The molecule has 0 spiro atoms. The van der Waals surface area contributed by atoms with Gasteiger partial charge in [0.15, 0.2) is 0 Å². The number of nitrogens with zero attached hydrogens (tertiary/aromatic N) is 1. The maximum atomic E-state index is 13.3. The second-order valence-corrected chi connectivity index (χ2v) is 8.27. The van der Waals surface area contributed by atoms with E-state index >= 15 is 0 Å². The van der Waals surface area contributed by atoms with Gasteiger partial charge >= 0.3 is 0 Å². The third-order valence-corrected chi connectivity index (χ3v) is 6.26. The van der Waals surface area contributed by atoms with E-state index in [1.165, 1.54) is 13.0 Å². The summed E-state index contributed by atoms with van der Waals surface area (Å²) in [6.07, 6.45) is 0.852. The van der Waals surface area contributed by atoms with Crippen LogP contribution in [-0.4, -0.2) is 45.4 Å². The Bertz CT molecular complexity index is 963. The molecule has 1 aliphatic rings. The summed E-state index contributed by atoms with van der Waals surface area (Å²) < 4.78 is 41.3. The van der Waals surface area contributed by atoms with Gasteiger partial charge in [0.1, 0.15) is 5.82 Å². The molecule has 0 bridgehead atoms. The first kappa shape index (κ1) is 22.1. The number of rotatable bonds is 5. The first-order valence-electron chi connectivity index (χ1n) is 8.65. The number of nitrogens with one attached hydrogen (secondary N) is 2. The number of carbonyl (C=O) groups excluding carboxylic acids is 1. The minimum atomic E-state index is -3.96. The fourth-order valence-corrected chi connectivity index (χ4v) is 4.51. The highest BCUT2D eigenvalue weighted by atomic mass is 35.5. The standard InChI is InChI=1S/C19H22FN3O3S.ClH/c1-13-11-14(20)7-8-18(13)27(25,26)22-17-6-4-3-5-16(17)19(24)23(2)15-9-10-21-12-15;/h3-8,11,15,21-22H,9-10,12H2,1-2H3;1H. The lowest BCUT2D eigenvalue weighted by Crippen LogP contribution is -2.38. The molecule has 2 aromatic rings. The van der Waals surface area contributed by atoms with Crippen LogP contribution in [0.5, 0.6) is 0 Å². The van der Waals surface area contributed by atoms with Gasteiger partial charge in [0.25, 0.3) is 15.9 Å². The summed E-state index contributed by atoms with van der Waals surface area (Å²) >= 11 is 0. The molecule has 6 nitrogen and oxygen atoms in total. The highest BCUT2D eigenvalue weighted by Gasteiger charge is 2.27. The van der Waals surface area contributed by atoms with Crippen molar-refractivity contribution in [2.45, 2.75) is 24.3 Å². The first-order chi connectivity index (χ1) is 12.8. The molecule has 1 unspecified atom stereocenters. The lowest BCUT2D eigenvalue weighted by Gasteiger charge is -2.25. The maximum Gasteiger partial charge on any atom is 0.262 e. The third kappa shape index (κ3) is 4.63. The van der Waals surface area contributed by atoms with E-state index in [0.717, 1.165) is 25.1 Å². The van der Waals surface area contributed by atoms with Crippen LogP contribution < -0.4 is 10.0 Å². The van der Waals surface area contributed by atoms with Gasteiger partial charge in [-0.25, -0.2) is 12.8 Å². The third-order valence-electron chi connectivity index (χ3n) is 4.73. The number of aryl methyl sites for hydroxylation is 1. The minimum absolute atomic E-state index is 0. The van der Waals surface area contributed by atoms with Crippen molar-refractivity contribution in [2.24, 2.45) is 0 Å². The highest BCUT2D eigenvalue weighted by Crippen LogP contribution is 2.24. The molecule has 2 aromatic carbocycles. The number of benzene rings is 2. The van der Waals surface area contributed by atoms with Crippen LogP contribution in [0.1, 0.15) is 22.3 Å². The smallest absolute Gasteiger partial charge is 0.262 e. The Hall–Kier alpha value is -2.16. The van der Waals surface area contributed by atoms with Gasteiger partial charge in [-0.3, -0.25) is 9.52 Å². The van der Waals surface area contributed by atoms with E-state index in [4.69, 9.17) is 0 Å². The predicted octanol–water partition coefficient (Wildman–Crippen LogP) is 2.79. The maximum absolute atomic E-state index is 13.3. The van der Waals surface area contributed by atoms with E-state index in [9.17, 15) is 17.6 Å². The Balaban J connectivity index is 0.00000280. The zero-order valence-electron chi connectivity index (χ0n) is 15.6. The average Bonchev–Trinajstić information content (AvgIpc) is 3.15. The molecule has 0 aliphatic carbocycles. The molecule has 1 saturated heterocycles. The predicted molar refractivity (Wildman–Crippen MR) is 109 cm³/mol. The van der Waals surface area contributed by atoms with Crippen molar-refractivity contribution >= 4 is 34.0 Å². The molecule has 1 amide bonds. The summed E-state index contributed by atoms with van der Waals surface area (Å²) in [6, 6.07) is 10.0. The molecule has 1 fully saturated rings. The van der Waals surface area contributed by atoms with Crippen LogP contribution in [0, 0.1) is 12.7 Å². The fraction of sp³-hybridized carbons (Fsp3) is 0.316. The van der Waals surface area contributed by atoms with Gasteiger partial charge < -0.3 is 10.2 Å². The van der Waals surface area contributed by atoms with Gasteiger partial charge in [-0.15, -0.1) is 12.4 Å². The number of likely N-dealkylation sites (N-methyl/N-ethyl adjacent to an activating group) is 1. The van der Waals surface area contributed by atoms with Crippen molar-refractivity contribution in [3.8, 4) is 0 Å². The second-order valence-electron chi connectivity index (χ2n) is 6.62. The monoisotopic (exact) mass is 427 g/mol. The zero-order valence-corrected chi connectivity index (χ0v) is 17.2. The van der Waals surface area contributed by atoms with Crippen molar-refractivity contribution in [1.82, 2.24) is 10.2 Å². The van der Waals surface area contributed by atoms with Crippen molar-refractivity contribution in [1.29, 1.82) is 0 Å². The van der Waals surface area contributed by atoms with Gasteiger partial charge in [-0.1, -0.05) is 12.1 Å². The summed E-state index contributed by atoms with van der Waals surface area (Å²) in [5.74, 6) is -0.758. The topological polar surface area (TPSA) is 78.5 Å². The SMILES string of the molecule is Cc1cc(F)ccc1S(=O)(=O)Nc1ccccc1C(=O)N(C)C1CCNC1.Cl. The molecule has 152 valence electrons. The van der Waals surface area contributed by atoms with Crippen LogP contribution in [0.2, 0.25) is 0 Å². The number of amides is 1. The number of hydrogen-bond acceptors (Lipinski definition) is 4. The average molecular weight is 428 g/mol. The van der Waals surface area contributed by atoms with E-state index in [1.54, 1.807) is 36.2 Å². The van der Waals surface area contributed by atoms with E-state index in [-0.39, 0.29) is 40.5 Å². The summed E-state index contributed by atoms with van der Waals surface area (Å²) in [5, 5.41) is 3.21. The van der Waals surface area contributed by atoms with Crippen LogP contribution in [-0.2, 0) is 10.0 Å². The number of halogens is 2. The lowest BCUT2D eigenvalue weighted by molar-refractivity contribution is 0.0745. The molecule has 1 atom stereocenters. The van der Waals surface area contributed by atoms with Gasteiger partial charge in [0.05, 0.1) is 16.1 Å². The first-order valence-corrected chi connectivity index (χ1v) is 10.1. The normalized spacial score (nSPS) is 16.3. The van der Waals surface area contributed by atoms with Crippen LogP contribution in [0.4, 0.5) is 10.1 Å². The van der Waals surface area contributed by atoms with Crippen LogP contribution >= 0.6 is 12.4 Å². The van der Waals surface area contributed by atoms with Crippen molar-refractivity contribution in [3.05, 3.63) is 59.4 Å². The van der Waals surface area contributed by atoms with Crippen molar-refractivity contribution in [2.75, 3.05) is 24.9 Å². The molecule has 0 radical (unpaired) electrons. The Morgan fingerprint density at radius 1 is 1.25 bits per heavy atom. The van der Waals surface area contributed by atoms with Gasteiger partial charge in [-0.05, 0) is 55.8 Å². The molecule has 1 aliphatic heterocycles. The summed E-state index contributed by atoms with van der Waals surface area (Å²) in [7, 11) is -2.24. The molecule has 28 heavy (non-hydrogen) atoms. The Morgan fingerprint density at radius 3 is 2.61 bits per heavy atom. The quantitative estimate of drug-likeness (QED) is 0.769. The van der Waals surface area contributed by atoms with Gasteiger partial charge in [0, 0.05) is 19.6 Å². The van der Waals surface area contributed by atoms with Gasteiger partial charge in [0.2, 0.25) is 0 Å². The Morgan fingerprint density at radius 2 is 1.96 bits per heavy atom. The largest absolute Gasteiger partial charge is 0.337 e. The minimum Gasteiger partial charge on any atom is -0.337 e. The van der Waals surface area contributed by atoms with Crippen molar-refractivity contribution < 1.29 is 17.6 Å². The Kier molecular flexibility index (Phi) is 7.03. The molecule has 0 aromatic heterocycles. The van der Waals surface area contributed by atoms with Gasteiger partial charge in [-0.2, -0.15) is 0 Å². The number of carbonyl (C=O) groups is 1. The second kappa shape index (κ2) is 8.89. The van der Waals surface area contributed by atoms with E-state index in [0.29, 0.717) is 12.1 Å². The summed E-state index contributed by atoms with van der Waals surface area (Å²) in [6.45, 7) is 3.08. The molecule has 2 N–H and O–H groups in total. The van der Waals surface area contributed by atoms with E-state index in [2.05, 4.69) is 10.0 Å². The number of sulfonamides is 1.